The molecule has 0 saturated carbocycles. The van der Waals surface area contributed by atoms with Crippen molar-refractivity contribution in [3.05, 3.63) is 0 Å². The lowest BCUT2D eigenvalue weighted by Gasteiger charge is -2.31. The number of carboxylic acids is 1. The molecule has 4 nitrogen and oxygen atoms in total. The van der Waals surface area contributed by atoms with Crippen molar-refractivity contribution in [1.29, 1.82) is 0 Å². The second-order valence-corrected chi connectivity index (χ2v) is 4.31. The molecule has 2 unspecified atom stereocenters. The lowest BCUT2D eigenvalue weighted by molar-refractivity contribution is -0.142. The topological polar surface area (TPSA) is 52.6 Å². The molecule has 4 heteroatoms. The minimum atomic E-state index is -0.722. The summed E-state index contributed by atoms with van der Waals surface area (Å²) in [7, 11) is 0. The predicted molar refractivity (Wildman–Crippen MR) is 59.9 cm³/mol. The average molecular weight is 214 g/mol. The van der Waals surface area contributed by atoms with Gasteiger partial charge in [-0.05, 0) is 45.3 Å². The van der Waals surface area contributed by atoms with Crippen LogP contribution in [0.25, 0.3) is 0 Å². The summed E-state index contributed by atoms with van der Waals surface area (Å²) in [6, 6.07) is -0.364. The van der Waals surface area contributed by atoms with Gasteiger partial charge in [0, 0.05) is 6.54 Å². The Morgan fingerprint density at radius 2 is 2.40 bits per heavy atom. The lowest BCUT2D eigenvalue weighted by Crippen LogP contribution is -2.44. The van der Waals surface area contributed by atoms with E-state index in [1.807, 2.05) is 11.8 Å². The van der Waals surface area contributed by atoms with Gasteiger partial charge in [-0.1, -0.05) is 6.92 Å². The number of rotatable bonds is 5. The van der Waals surface area contributed by atoms with Gasteiger partial charge in [-0.25, -0.2) is 0 Å². The highest BCUT2D eigenvalue weighted by Crippen LogP contribution is 2.13. The van der Waals surface area contributed by atoms with Crippen molar-refractivity contribution in [1.82, 2.24) is 10.2 Å². The average Bonchev–Trinajstić information content (AvgIpc) is 2.26. The van der Waals surface area contributed by atoms with Gasteiger partial charge < -0.3 is 10.4 Å². The Kier molecular flexibility index (Phi) is 5.05. The lowest BCUT2D eigenvalue weighted by atomic mass is 9.98. The highest BCUT2D eigenvalue weighted by atomic mass is 16.4. The van der Waals surface area contributed by atoms with Gasteiger partial charge in [-0.15, -0.1) is 0 Å². The maximum atomic E-state index is 10.9. The van der Waals surface area contributed by atoms with Gasteiger partial charge in [-0.3, -0.25) is 9.69 Å². The van der Waals surface area contributed by atoms with E-state index in [0.29, 0.717) is 5.92 Å². The van der Waals surface area contributed by atoms with Gasteiger partial charge in [0.15, 0.2) is 0 Å². The second-order valence-electron chi connectivity index (χ2n) is 4.31. The van der Waals surface area contributed by atoms with Crippen molar-refractivity contribution in [3.8, 4) is 0 Å². The number of piperidine rings is 1. The fourth-order valence-corrected chi connectivity index (χ4v) is 2.13. The summed E-state index contributed by atoms with van der Waals surface area (Å²) < 4.78 is 0. The summed E-state index contributed by atoms with van der Waals surface area (Å²) >= 11 is 0. The third-order valence-corrected chi connectivity index (χ3v) is 3.20. The minimum absolute atomic E-state index is 0.364. The molecule has 0 aromatic carbocycles. The number of aliphatic carboxylic acids is 1. The molecule has 1 fully saturated rings. The maximum absolute atomic E-state index is 10.9. The first-order valence-corrected chi connectivity index (χ1v) is 5.82. The van der Waals surface area contributed by atoms with Crippen LogP contribution in [0, 0.1) is 5.92 Å². The number of carbonyl (C=O) groups is 1. The van der Waals surface area contributed by atoms with Gasteiger partial charge in [0.05, 0.1) is 0 Å². The van der Waals surface area contributed by atoms with E-state index in [0.717, 1.165) is 26.2 Å². The summed E-state index contributed by atoms with van der Waals surface area (Å²) in [6.45, 7) is 7.64. The molecule has 0 spiro atoms. The van der Waals surface area contributed by atoms with Gasteiger partial charge >= 0.3 is 5.97 Å². The van der Waals surface area contributed by atoms with E-state index in [1.54, 1.807) is 6.92 Å². The second kappa shape index (κ2) is 6.08. The van der Waals surface area contributed by atoms with Crippen molar-refractivity contribution in [2.24, 2.45) is 5.92 Å². The largest absolute Gasteiger partial charge is 0.480 e. The van der Waals surface area contributed by atoms with Gasteiger partial charge in [0.2, 0.25) is 0 Å². The smallest absolute Gasteiger partial charge is 0.320 e. The predicted octanol–water partition coefficient (Wildman–Crippen LogP) is 0.781. The molecule has 1 rings (SSSR count). The van der Waals surface area contributed by atoms with Gasteiger partial charge in [0.25, 0.3) is 0 Å². The Morgan fingerprint density at radius 3 is 2.87 bits per heavy atom. The van der Waals surface area contributed by atoms with Crippen LogP contribution in [-0.2, 0) is 4.79 Å². The van der Waals surface area contributed by atoms with E-state index in [4.69, 9.17) is 5.11 Å². The molecule has 1 heterocycles. The van der Waals surface area contributed by atoms with Crippen LogP contribution in [0.3, 0.4) is 0 Å². The Hall–Kier alpha value is -0.610. The summed E-state index contributed by atoms with van der Waals surface area (Å²) in [5.41, 5.74) is 0. The molecule has 2 atom stereocenters. The molecule has 1 aliphatic heterocycles. The van der Waals surface area contributed by atoms with E-state index in [-0.39, 0.29) is 6.04 Å². The van der Waals surface area contributed by atoms with Gasteiger partial charge in [-0.2, -0.15) is 0 Å². The molecule has 0 aromatic rings. The molecule has 0 radical (unpaired) electrons. The first-order chi connectivity index (χ1) is 7.15. The molecule has 0 aromatic heterocycles. The Bertz CT molecular complexity index is 203. The Balaban J connectivity index is 2.41. The normalized spacial score (nSPS) is 24.1. The van der Waals surface area contributed by atoms with Crippen molar-refractivity contribution in [3.63, 3.8) is 0 Å². The molecular formula is C11H22N2O2. The van der Waals surface area contributed by atoms with Crippen LogP contribution in [-0.4, -0.2) is 48.2 Å². The van der Waals surface area contributed by atoms with E-state index in [1.165, 1.54) is 12.8 Å². The van der Waals surface area contributed by atoms with Crippen LogP contribution in [0.4, 0.5) is 0 Å². The quantitative estimate of drug-likeness (QED) is 0.710. The number of nitrogens with one attached hydrogen (secondary N) is 1. The molecule has 0 bridgehead atoms. The van der Waals surface area contributed by atoms with Crippen LogP contribution in [0.5, 0.6) is 0 Å². The molecule has 0 aliphatic carbocycles. The van der Waals surface area contributed by atoms with E-state index < -0.39 is 5.97 Å². The molecule has 1 aliphatic rings. The van der Waals surface area contributed by atoms with E-state index in [2.05, 4.69) is 5.32 Å². The number of hydrogen-bond donors (Lipinski definition) is 2. The summed E-state index contributed by atoms with van der Waals surface area (Å²) in [5.74, 6) is -0.110. The van der Waals surface area contributed by atoms with Crippen LogP contribution in [0.15, 0.2) is 0 Å². The van der Waals surface area contributed by atoms with Crippen molar-refractivity contribution < 1.29 is 9.90 Å². The number of likely N-dealkylation sites (N-methyl/N-ethyl adjacent to an activating group) is 1. The van der Waals surface area contributed by atoms with Crippen LogP contribution in [0.1, 0.15) is 26.7 Å². The molecule has 15 heavy (non-hydrogen) atoms. The van der Waals surface area contributed by atoms with Crippen molar-refractivity contribution in [2.75, 3.05) is 26.2 Å². The summed E-state index contributed by atoms with van der Waals surface area (Å²) in [5, 5.41) is 12.3. The summed E-state index contributed by atoms with van der Waals surface area (Å²) in [6.07, 6.45) is 2.43. The van der Waals surface area contributed by atoms with Crippen LogP contribution < -0.4 is 5.32 Å². The fraction of sp³-hybridized carbons (Fsp3) is 0.909. The van der Waals surface area contributed by atoms with Gasteiger partial charge in [0.1, 0.15) is 6.04 Å². The third-order valence-electron chi connectivity index (χ3n) is 3.20. The standard InChI is InChI=1S/C11H22N2O2/c1-3-13(9(2)11(14)15)8-10-5-4-6-12-7-10/h9-10,12H,3-8H2,1-2H3,(H,14,15). The minimum Gasteiger partial charge on any atom is -0.480 e. The molecule has 2 N–H and O–H groups in total. The molecule has 88 valence electrons. The SMILES string of the molecule is CCN(CC1CCCNC1)C(C)C(=O)O. The number of carboxylic acid groups (broad SMARTS) is 1. The zero-order valence-corrected chi connectivity index (χ0v) is 9.70. The van der Waals surface area contributed by atoms with E-state index >= 15 is 0 Å². The van der Waals surface area contributed by atoms with Crippen molar-refractivity contribution >= 4 is 5.97 Å². The van der Waals surface area contributed by atoms with Crippen LogP contribution in [0.2, 0.25) is 0 Å². The zero-order valence-electron chi connectivity index (χ0n) is 9.70. The fourth-order valence-electron chi connectivity index (χ4n) is 2.13. The molecular weight excluding hydrogens is 192 g/mol. The Morgan fingerprint density at radius 1 is 1.67 bits per heavy atom. The first-order valence-electron chi connectivity index (χ1n) is 5.82. The highest BCUT2D eigenvalue weighted by molar-refractivity contribution is 5.72. The third kappa shape index (κ3) is 3.80. The first kappa shape index (κ1) is 12.5. The summed E-state index contributed by atoms with van der Waals surface area (Å²) in [4.78, 5) is 12.9. The maximum Gasteiger partial charge on any atom is 0.320 e. The van der Waals surface area contributed by atoms with Crippen molar-refractivity contribution in [2.45, 2.75) is 32.7 Å². The Labute approximate surface area is 91.6 Å². The molecule has 0 amide bonds. The monoisotopic (exact) mass is 214 g/mol. The number of hydrogen-bond acceptors (Lipinski definition) is 3. The number of nitrogens with zero attached hydrogens (tertiary/aromatic N) is 1. The highest BCUT2D eigenvalue weighted by Gasteiger charge is 2.23. The van der Waals surface area contributed by atoms with E-state index in [9.17, 15) is 4.79 Å². The molecule has 1 saturated heterocycles. The van der Waals surface area contributed by atoms with Crippen LogP contribution >= 0.6 is 0 Å². The zero-order chi connectivity index (χ0) is 11.3.